The predicted molar refractivity (Wildman–Crippen MR) is 210 cm³/mol. The highest BCUT2D eigenvalue weighted by Crippen LogP contribution is 2.50. The lowest BCUT2D eigenvalue weighted by molar-refractivity contribution is 0.660. The molecule has 0 unspecified atom stereocenters. The zero-order chi connectivity index (χ0) is 34.9. The van der Waals surface area contributed by atoms with Crippen LogP contribution in [0, 0.1) is 13.8 Å². The lowest BCUT2D eigenvalue weighted by Crippen LogP contribution is -2.15. The Morgan fingerprint density at radius 2 is 0.783 bits per heavy atom. The number of hydrogen-bond acceptors (Lipinski definition) is 1. The molecule has 1 heteroatoms. The van der Waals surface area contributed by atoms with Crippen molar-refractivity contribution in [2.24, 2.45) is 0 Å². The van der Waals surface area contributed by atoms with Gasteiger partial charge in [0.15, 0.2) is 0 Å². The molecule has 0 radical (unpaired) electrons. The van der Waals surface area contributed by atoms with Crippen molar-refractivity contribution in [3.05, 3.63) is 138 Å². The zero-order valence-electron chi connectivity index (χ0n) is 31.4. The van der Waals surface area contributed by atoms with Gasteiger partial charge in [-0.1, -0.05) is 167 Å². The van der Waals surface area contributed by atoms with Crippen LogP contribution in [-0.4, -0.2) is 0 Å². The number of rotatable bonds is 4. The van der Waals surface area contributed by atoms with Gasteiger partial charge in [-0.2, -0.15) is 0 Å². The lowest BCUT2D eigenvalue weighted by atomic mass is 9.81. The topological polar surface area (TPSA) is 3.24 Å². The Morgan fingerprint density at radius 3 is 1.30 bits per heavy atom. The number of fused-ring (bicyclic) bond motifs is 3. The molecule has 0 spiro atoms. The number of benzene rings is 5. The Bertz CT molecular complexity index is 1540. The van der Waals surface area contributed by atoms with E-state index in [9.17, 15) is 0 Å². The van der Waals surface area contributed by atoms with Crippen LogP contribution < -0.4 is 4.90 Å². The average molecular weight is 616 g/mol. The first-order valence-electron chi connectivity index (χ1n) is 17.7. The van der Waals surface area contributed by atoms with E-state index in [-0.39, 0.29) is 5.41 Å². The van der Waals surface area contributed by atoms with E-state index in [1.807, 2.05) is 69.2 Å². The fourth-order valence-electron chi connectivity index (χ4n) is 5.55. The highest BCUT2D eigenvalue weighted by atomic mass is 15.1. The van der Waals surface area contributed by atoms with Crippen LogP contribution in [0.1, 0.15) is 105 Å². The lowest BCUT2D eigenvalue weighted by Gasteiger charge is -2.26. The molecule has 0 saturated carbocycles. The second kappa shape index (κ2) is 20.1. The van der Waals surface area contributed by atoms with E-state index in [1.165, 1.54) is 44.5 Å². The molecular weight excluding hydrogens is 555 g/mol. The summed E-state index contributed by atoms with van der Waals surface area (Å²) in [4.78, 5) is 2.31. The van der Waals surface area contributed by atoms with Gasteiger partial charge in [0.25, 0.3) is 0 Å². The van der Waals surface area contributed by atoms with Gasteiger partial charge >= 0.3 is 0 Å². The maximum absolute atomic E-state index is 2.40. The molecule has 1 aliphatic carbocycles. The summed E-state index contributed by atoms with van der Waals surface area (Å²) in [5.74, 6) is 0. The Balaban J connectivity index is 0.000000969. The summed E-state index contributed by atoms with van der Waals surface area (Å²) < 4.78 is 0. The molecule has 0 bridgehead atoms. The van der Waals surface area contributed by atoms with Crippen LogP contribution in [0.25, 0.3) is 22.3 Å². The molecule has 0 heterocycles. The maximum atomic E-state index is 2.40. The van der Waals surface area contributed by atoms with Gasteiger partial charge in [-0.15, -0.1) is 0 Å². The van der Waals surface area contributed by atoms with Crippen molar-refractivity contribution in [3.8, 4) is 22.3 Å². The summed E-state index contributed by atoms with van der Waals surface area (Å²) in [6.07, 6.45) is 0. The van der Waals surface area contributed by atoms with E-state index in [1.54, 1.807) is 0 Å². The molecule has 0 amide bonds. The highest BCUT2D eigenvalue weighted by molar-refractivity contribution is 5.84. The molecule has 0 atom stereocenters. The summed E-state index contributed by atoms with van der Waals surface area (Å²) in [5, 5.41) is 0. The third kappa shape index (κ3) is 9.00. The number of para-hydroxylation sites is 1. The van der Waals surface area contributed by atoms with Gasteiger partial charge in [0.2, 0.25) is 0 Å². The fraction of sp³-hybridized carbons (Fsp3) is 0.333. The standard InChI is InChI=1S/C35H31N.5C2H6/c1-24-10-16-29(17-11-24)36(28-8-6-5-7-9-28)30-18-13-26(14-19-30)27-15-21-32-31-20-12-25(2)22-33(31)35(3,4)34(32)23-27;5*1-2/h5-23H,1-4H3;5*1-2H3. The SMILES string of the molecule is CC.CC.CC.CC.CC.Cc1ccc(N(c2ccccc2)c2ccc(-c3ccc4c(c3)C(C)(C)c3cc(C)ccc3-4)cc2)cc1. The second-order valence-electron chi connectivity index (χ2n) is 10.5. The zero-order valence-corrected chi connectivity index (χ0v) is 31.4. The summed E-state index contributed by atoms with van der Waals surface area (Å²) in [5.41, 5.74) is 14.1. The number of aryl methyl sites for hydroxylation is 2. The van der Waals surface area contributed by atoms with E-state index in [0.29, 0.717) is 0 Å². The molecule has 246 valence electrons. The smallest absolute Gasteiger partial charge is 0.0462 e. The van der Waals surface area contributed by atoms with Crippen molar-refractivity contribution in [1.29, 1.82) is 0 Å². The largest absolute Gasteiger partial charge is 0.311 e. The van der Waals surface area contributed by atoms with Gasteiger partial charge in [-0.05, 0) is 89.7 Å². The molecule has 1 nitrogen and oxygen atoms in total. The molecule has 46 heavy (non-hydrogen) atoms. The van der Waals surface area contributed by atoms with E-state index in [2.05, 4.69) is 148 Å². The molecule has 0 fully saturated rings. The molecule has 1 aliphatic rings. The van der Waals surface area contributed by atoms with Crippen molar-refractivity contribution in [3.63, 3.8) is 0 Å². The summed E-state index contributed by atoms with van der Waals surface area (Å²) in [6, 6.07) is 42.1. The predicted octanol–water partition coefficient (Wildman–Crippen LogP) is 14.9. The third-order valence-corrected chi connectivity index (χ3v) is 7.60. The summed E-state index contributed by atoms with van der Waals surface area (Å²) in [7, 11) is 0. The molecule has 5 aromatic carbocycles. The molecule has 0 N–H and O–H groups in total. The number of hydrogen-bond donors (Lipinski definition) is 0. The first-order valence-corrected chi connectivity index (χ1v) is 17.7. The Morgan fingerprint density at radius 1 is 0.391 bits per heavy atom. The Kier molecular flexibility index (Phi) is 17.5. The highest BCUT2D eigenvalue weighted by Gasteiger charge is 2.35. The maximum Gasteiger partial charge on any atom is 0.0462 e. The Hall–Kier alpha value is -4.10. The molecule has 0 saturated heterocycles. The van der Waals surface area contributed by atoms with Crippen molar-refractivity contribution >= 4 is 17.1 Å². The third-order valence-electron chi connectivity index (χ3n) is 7.60. The van der Waals surface area contributed by atoms with Gasteiger partial charge in [-0.3, -0.25) is 0 Å². The van der Waals surface area contributed by atoms with Gasteiger partial charge in [0.05, 0.1) is 0 Å². The van der Waals surface area contributed by atoms with Crippen molar-refractivity contribution in [2.45, 2.75) is 102 Å². The molecule has 6 rings (SSSR count). The van der Waals surface area contributed by atoms with Crippen LogP contribution in [0.5, 0.6) is 0 Å². The van der Waals surface area contributed by atoms with Crippen LogP contribution >= 0.6 is 0 Å². The van der Waals surface area contributed by atoms with Gasteiger partial charge in [-0.25, -0.2) is 0 Å². The van der Waals surface area contributed by atoms with Crippen LogP contribution in [0.15, 0.2) is 115 Å². The van der Waals surface area contributed by atoms with Gasteiger partial charge < -0.3 is 4.90 Å². The quantitative estimate of drug-likeness (QED) is 0.194. The minimum absolute atomic E-state index is 0.00217. The molecule has 5 aromatic rings. The summed E-state index contributed by atoms with van der Waals surface area (Å²) in [6.45, 7) is 29.0. The van der Waals surface area contributed by atoms with Gasteiger partial charge in [0, 0.05) is 22.5 Å². The fourth-order valence-corrected chi connectivity index (χ4v) is 5.55. The van der Waals surface area contributed by atoms with Crippen LogP contribution in [-0.2, 0) is 5.41 Å². The van der Waals surface area contributed by atoms with E-state index in [0.717, 1.165) is 17.1 Å². The van der Waals surface area contributed by atoms with Crippen molar-refractivity contribution < 1.29 is 0 Å². The minimum atomic E-state index is 0.00217. The molecule has 0 aromatic heterocycles. The first kappa shape index (κ1) is 39.9. The van der Waals surface area contributed by atoms with Crippen LogP contribution in [0.2, 0.25) is 0 Å². The molecular formula is C45H61N. The van der Waals surface area contributed by atoms with Crippen LogP contribution in [0.4, 0.5) is 17.1 Å². The van der Waals surface area contributed by atoms with E-state index < -0.39 is 0 Å². The minimum Gasteiger partial charge on any atom is -0.311 e. The van der Waals surface area contributed by atoms with E-state index in [4.69, 9.17) is 0 Å². The Labute approximate surface area is 283 Å². The number of nitrogens with zero attached hydrogens (tertiary/aromatic N) is 1. The first-order chi connectivity index (χ1) is 22.4. The van der Waals surface area contributed by atoms with Crippen LogP contribution in [0.3, 0.4) is 0 Å². The summed E-state index contributed by atoms with van der Waals surface area (Å²) >= 11 is 0. The average Bonchev–Trinajstić information content (AvgIpc) is 3.35. The van der Waals surface area contributed by atoms with Crippen molar-refractivity contribution in [1.82, 2.24) is 0 Å². The second-order valence-corrected chi connectivity index (χ2v) is 10.5. The van der Waals surface area contributed by atoms with E-state index >= 15 is 0 Å². The normalized spacial score (nSPS) is 11.0. The molecule has 0 aliphatic heterocycles. The monoisotopic (exact) mass is 615 g/mol. The van der Waals surface area contributed by atoms with Gasteiger partial charge in [0.1, 0.15) is 0 Å². The number of anilines is 3. The van der Waals surface area contributed by atoms with Crippen molar-refractivity contribution in [2.75, 3.05) is 4.90 Å².